The Morgan fingerprint density at radius 1 is 0.222 bits per heavy atom. The van der Waals surface area contributed by atoms with Crippen molar-refractivity contribution in [1.29, 1.82) is 0 Å². The van der Waals surface area contributed by atoms with Crippen molar-refractivity contribution in [3.8, 4) is 69.0 Å². The van der Waals surface area contributed by atoms with Gasteiger partial charge in [0, 0.05) is 39.3 Å². The minimum atomic E-state index is -0.171. The molecule has 6 bridgehead atoms. The summed E-state index contributed by atoms with van der Waals surface area (Å²) >= 11 is 0. The number of ether oxygens (including phenoxy) is 12. The van der Waals surface area contributed by atoms with E-state index in [1.165, 1.54) is 0 Å². The highest BCUT2D eigenvalue weighted by Gasteiger charge is 2.71. The Labute approximate surface area is 413 Å². The summed E-state index contributed by atoms with van der Waals surface area (Å²) < 4.78 is 71.3. The van der Waals surface area contributed by atoms with Gasteiger partial charge < -0.3 is 56.8 Å². The van der Waals surface area contributed by atoms with Crippen molar-refractivity contribution >= 4 is 0 Å². The quantitative estimate of drug-likeness (QED) is 0.134. The number of hydrogen-bond donors (Lipinski definition) is 0. The van der Waals surface area contributed by atoms with Crippen LogP contribution in [0.3, 0.4) is 0 Å². The topological polar surface area (TPSA) is 130 Å². The molecular weight excluding hydrogens is 925 g/mol. The van der Waals surface area contributed by atoms with Gasteiger partial charge in [-0.1, -0.05) is 36.4 Å². The third-order valence-corrected chi connectivity index (χ3v) is 15.7. The predicted molar refractivity (Wildman–Crippen MR) is 251 cm³/mol. The Hall–Kier alpha value is -7.32. The Morgan fingerprint density at radius 3 is 0.542 bits per heavy atom. The first-order valence-electron chi connectivity index (χ1n) is 24.5. The number of benzene rings is 6. The normalized spacial score (nSPS) is 25.7. The summed E-state index contributed by atoms with van der Waals surface area (Å²) in [4.78, 5) is 16.5. The predicted octanol–water partition coefficient (Wildman–Crippen LogP) is 6.38. The van der Waals surface area contributed by atoms with E-state index in [9.17, 15) is 0 Å². The smallest absolute Gasteiger partial charge is 0.231 e. The van der Waals surface area contributed by atoms with Gasteiger partial charge in [0.25, 0.3) is 0 Å². The van der Waals surface area contributed by atoms with Gasteiger partial charge in [-0.2, -0.15) is 0 Å². The summed E-state index contributed by atoms with van der Waals surface area (Å²) in [5.74, 6) is 9.09. The third kappa shape index (κ3) is 6.56. The van der Waals surface area contributed by atoms with Crippen LogP contribution in [0.2, 0.25) is 0 Å². The molecule has 0 amide bonds. The molecular formula is C54H48N6O12. The average Bonchev–Trinajstić information content (AvgIpc) is 4.26. The average molecular weight is 973 g/mol. The molecule has 5 fully saturated rings. The van der Waals surface area contributed by atoms with E-state index in [0.717, 1.165) is 102 Å². The molecule has 6 aromatic rings. The second-order valence-corrected chi connectivity index (χ2v) is 19.6. The Kier molecular flexibility index (Phi) is 9.23. The Morgan fingerprint density at radius 2 is 0.375 bits per heavy atom. The molecule has 0 radical (unpaired) electrons. The largest absolute Gasteiger partial charge is 0.454 e. The maximum atomic E-state index is 6.04. The molecule has 366 valence electrons. The Bertz CT molecular complexity index is 2820. The van der Waals surface area contributed by atoms with Crippen molar-refractivity contribution in [3.05, 3.63) is 143 Å². The van der Waals surface area contributed by atoms with E-state index in [1.54, 1.807) is 0 Å². The van der Waals surface area contributed by atoms with Crippen molar-refractivity contribution < 1.29 is 56.8 Å². The fraction of sp³-hybridized carbons (Fsp3) is 0.333. The van der Waals surface area contributed by atoms with E-state index >= 15 is 0 Å². The van der Waals surface area contributed by atoms with E-state index in [4.69, 9.17) is 56.8 Å². The lowest BCUT2D eigenvalue weighted by atomic mass is 10.0. The van der Waals surface area contributed by atoms with Crippen LogP contribution in [0.4, 0.5) is 0 Å². The van der Waals surface area contributed by atoms with Gasteiger partial charge in [-0.25, -0.2) is 0 Å². The van der Waals surface area contributed by atoms with Crippen LogP contribution in [0.1, 0.15) is 33.4 Å². The van der Waals surface area contributed by atoms with Crippen molar-refractivity contribution in [2.45, 2.75) is 76.3 Å². The van der Waals surface area contributed by atoms with Crippen LogP contribution in [0.5, 0.6) is 69.0 Å². The molecule has 0 aromatic heterocycles. The van der Waals surface area contributed by atoms with E-state index in [2.05, 4.69) is 102 Å². The van der Waals surface area contributed by atoms with Gasteiger partial charge in [-0.05, 0) is 106 Å². The monoisotopic (exact) mass is 972 g/mol. The van der Waals surface area contributed by atoms with Gasteiger partial charge in [-0.15, -0.1) is 0 Å². The molecule has 0 saturated carbocycles. The molecule has 18 nitrogen and oxygen atoms in total. The van der Waals surface area contributed by atoms with Crippen molar-refractivity contribution in [1.82, 2.24) is 29.4 Å². The van der Waals surface area contributed by atoms with Gasteiger partial charge in [0.2, 0.25) is 40.8 Å². The lowest BCUT2D eigenvalue weighted by Crippen LogP contribution is -2.73. The fourth-order valence-electron chi connectivity index (χ4n) is 12.8. The van der Waals surface area contributed by atoms with Gasteiger partial charge in [-0.3, -0.25) is 29.4 Å². The zero-order valence-corrected chi connectivity index (χ0v) is 38.9. The molecule has 11 aliphatic rings. The van der Waals surface area contributed by atoms with Crippen molar-refractivity contribution in [2.24, 2.45) is 0 Å². The van der Waals surface area contributed by atoms with Crippen LogP contribution < -0.4 is 56.8 Å². The molecule has 5 saturated heterocycles. The minimum absolute atomic E-state index is 0.132. The van der Waals surface area contributed by atoms with Crippen LogP contribution in [0.15, 0.2) is 109 Å². The highest BCUT2D eigenvalue weighted by molar-refractivity contribution is 5.49. The summed E-state index contributed by atoms with van der Waals surface area (Å²) in [6, 6.07) is 38.3. The summed E-state index contributed by atoms with van der Waals surface area (Å²) in [6.45, 7) is 4.95. The maximum Gasteiger partial charge on any atom is 0.231 e. The first-order valence-corrected chi connectivity index (χ1v) is 24.5. The number of piperazine rings is 1. The van der Waals surface area contributed by atoms with E-state index in [0.29, 0.717) is 39.3 Å². The molecule has 0 unspecified atom stereocenters. The SMILES string of the molecule is c1cc2c(cc1CN1C3C4N(Cc5ccc6c(c5)OCO6)C1C1N(Cc5ccc6c(c5)OCO6)C(C(N1Cc1ccc5c(c1)OCO5)N4Cc1ccc4c(c1)OCO4)N3Cc1ccc3c(c1)OCO3)OCO2. The van der Waals surface area contributed by atoms with Crippen LogP contribution in [0.25, 0.3) is 0 Å². The summed E-state index contributed by atoms with van der Waals surface area (Å²) in [7, 11) is 0. The molecule has 0 N–H and O–H groups in total. The number of rotatable bonds is 12. The van der Waals surface area contributed by atoms with Crippen LogP contribution in [-0.4, -0.2) is 107 Å². The summed E-state index contributed by atoms with van der Waals surface area (Å²) in [5.41, 5.74) is 6.77. The second kappa shape index (κ2) is 16.1. The zero-order chi connectivity index (χ0) is 47.0. The van der Waals surface area contributed by atoms with E-state index in [1.807, 2.05) is 36.4 Å². The highest BCUT2D eigenvalue weighted by atomic mass is 16.7. The van der Waals surface area contributed by atoms with Gasteiger partial charge in [0.05, 0.1) is 37.0 Å². The molecule has 0 aliphatic carbocycles. The van der Waals surface area contributed by atoms with Crippen LogP contribution in [0, 0.1) is 0 Å². The van der Waals surface area contributed by atoms with Crippen molar-refractivity contribution in [3.63, 3.8) is 0 Å². The van der Waals surface area contributed by atoms with Crippen LogP contribution >= 0.6 is 0 Å². The molecule has 11 heterocycles. The molecule has 18 heteroatoms. The van der Waals surface area contributed by atoms with Gasteiger partial charge >= 0.3 is 0 Å². The minimum Gasteiger partial charge on any atom is -0.454 e. The van der Waals surface area contributed by atoms with Crippen molar-refractivity contribution in [2.75, 3.05) is 40.8 Å². The van der Waals surface area contributed by atoms with Gasteiger partial charge in [0.1, 0.15) is 0 Å². The molecule has 6 aromatic carbocycles. The number of nitrogens with zero attached hydrogens (tertiary/aromatic N) is 6. The lowest BCUT2D eigenvalue weighted by molar-refractivity contribution is -0.166. The maximum absolute atomic E-state index is 6.04. The number of fused-ring (bicyclic) bond motifs is 6. The highest BCUT2D eigenvalue weighted by Crippen LogP contribution is 2.55. The van der Waals surface area contributed by atoms with E-state index < -0.39 is 0 Å². The molecule has 72 heavy (non-hydrogen) atoms. The number of hydrogen-bond acceptors (Lipinski definition) is 18. The van der Waals surface area contributed by atoms with E-state index in [-0.39, 0.29) is 77.8 Å². The first-order chi connectivity index (χ1) is 35.6. The Balaban J connectivity index is 0.917. The first kappa shape index (κ1) is 41.3. The fourth-order valence-corrected chi connectivity index (χ4v) is 12.8. The summed E-state index contributed by atoms with van der Waals surface area (Å²) in [6.07, 6.45) is -0.872. The standard InChI is InChI=1S/C54H48N6O12/c1-7-37-43(67-25-61-37)13-31(1)19-55-49-50-56(20-32-2-8-38-44(14-32)68-26-62-38)53(55)54-57(21-33-3-9-39-45(15-33)69-27-63-39)51(59(49)23-35-5-11-41-47(17-35)71-29-65-41)52(58(54)22-34-4-10-40-46(16-34)70-28-64-40)60(50)24-36-6-12-42-48(18-36)72-30-66-42/h1-18,49-54H,19-30H2. The molecule has 0 atom stereocenters. The zero-order valence-electron chi connectivity index (χ0n) is 38.9. The lowest BCUT2D eigenvalue weighted by Gasteiger charge is -2.56. The second-order valence-electron chi connectivity index (χ2n) is 19.6. The molecule has 0 spiro atoms. The van der Waals surface area contributed by atoms with Gasteiger partial charge in [0.15, 0.2) is 69.0 Å². The third-order valence-electron chi connectivity index (χ3n) is 15.7. The molecule has 11 aliphatic heterocycles. The molecule has 17 rings (SSSR count). The summed E-state index contributed by atoms with van der Waals surface area (Å²) in [5, 5.41) is 0. The van der Waals surface area contributed by atoms with Crippen LogP contribution in [-0.2, 0) is 39.3 Å².